The van der Waals surface area contributed by atoms with Crippen molar-refractivity contribution >= 4 is 5.69 Å². The number of benzene rings is 2. The van der Waals surface area contributed by atoms with Crippen molar-refractivity contribution in [1.29, 1.82) is 0 Å². The molecule has 0 aliphatic carbocycles. The maximum absolute atomic E-state index is 5.48. The number of nitrogens with zero attached hydrogens (tertiary/aromatic N) is 1. The van der Waals surface area contributed by atoms with E-state index in [9.17, 15) is 0 Å². The lowest BCUT2D eigenvalue weighted by molar-refractivity contribution is 0.324. The normalized spacial score (nSPS) is 11.6. The third-order valence-electron chi connectivity index (χ3n) is 4.86. The number of ether oxygens (including phenoxy) is 3. The topological polar surface area (TPSA) is 52.6 Å². The Morgan fingerprint density at radius 2 is 1.55 bits per heavy atom. The predicted molar refractivity (Wildman–Crippen MR) is 117 cm³/mol. The Labute approximate surface area is 172 Å². The van der Waals surface area contributed by atoms with Crippen molar-refractivity contribution in [2.24, 2.45) is 0 Å². The first-order chi connectivity index (χ1) is 14.2. The zero-order valence-electron chi connectivity index (χ0n) is 17.4. The van der Waals surface area contributed by atoms with Crippen LogP contribution < -0.4 is 19.5 Å². The summed E-state index contributed by atoms with van der Waals surface area (Å²) >= 11 is 0. The zero-order chi connectivity index (χ0) is 20.6. The van der Waals surface area contributed by atoms with E-state index in [2.05, 4.69) is 47.6 Å². The fourth-order valence-electron chi connectivity index (χ4n) is 3.42. The van der Waals surface area contributed by atoms with Gasteiger partial charge in [-0.05, 0) is 35.7 Å². The Morgan fingerprint density at radius 1 is 0.862 bits per heavy atom. The lowest BCUT2D eigenvalue weighted by atomic mass is 10.0. The van der Waals surface area contributed by atoms with Crippen LogP contribution in [0.2, 0.25) is 0 Å². The molecule has 1 heterocycles. The maximum Gasteiger partial charge on any atom is 0.203 e. The lowest BCUT2D eigenvalue weighted by Crippen LogP contribution is -2.10. The van der Waals surface area contributed by atoms with Crippen molar-refractivity contribution in [1.82, 2.24) is 4.98 Å². The van der Waals surface area contributed by atoms with Gasteiger partial charge >= 0.3 is 0 Å². The second kappa shape index (κ2) is 9.82. The van der Waals surface area contributed by atoms with Gasteiger partial charge in [0.05, 0.1) is 33.1 Å². The summed E-state index contributed by atoms with van der Waals surface area (Å²) in [6.45, 7) is 2.20. The van der Waals surface area contributed by atoms with Crippen molar-refractivity contribution in [3.05, 3.63) is 66.5 Å². The molecule has 0 bridgehead atoms. The van der Waals surface area contributed by atoms with E-state index >= 15 is 0 Å². The largest absolute Gasteiger partial charge is 0.493 e. The summed E-state index contributed by atoms with van der Waals surface area (Å²) in [4.78, 5) is 4.45. The number of methoxy groups -OCH3 is 3. The molecule has 0 amide bonds. The molecular weight excluding hydrogens is 364 g/mol. The molecule has 29 heavy (non-hydrogen) atoms. The molecule has 0 radical (unpaired) electrons. The van der Waals surface area contributed by atoms with E-state index in [4.69, 9.17) is 14.2 Å². The van der Waals surface area contributed by atoms with Gasteiger partial charge in [0.15, 0.2) is 11.5 Å². The molecule has 0 spiro atoms. The van der Waals surface area contributed by atoms with Gasteiger partial charge < -0.3 is 19.5 Å². The van der Waals surface area contributed by atoms with Gasteiger partial charge in [0.25, 0.3) is 0 Å². The highest BCUT2D eigenvalue weighted by Crippen LogP contribution is 2.41. The molecule has 0 saturated carbocycles. The van der Waals surface area contributed by atoms with Crippen LogP contribution in [0.25, 0.3) is 11.1 Å². The minimum atomic E-state index is 0.234. The molecule has 0 fully saturated rings. The molecule has 3 aromatic rings. The van der Waals surface area contributed by atoms with Gasteiger partial charge in [0, 0.05) is 18.0 Å². The number of nitrogens with one attached hydrogen (secondary N) is 1. The minimum absolute atomic E-state index is 0.234. The van der Waals surface area contributed by atoms with Crippen LogP contribution in [0.1, 0.15) is 31.4 Å². The molecule has 1 unspecified atom stereocenters. The molecule has 3 rings (SSSR count). The van der Waals surface area contributed by atoms with E-state index < -0.39 is 0 Å². The third kappa shape index (κ3) is 4.80. The average Bonchev–Trinajstić information content (AvgIpc) is 2.78. The van der Waals surface area contributed by atoms with E-state index in [0.29, 0.717) is 17.2 Å². The van der Waals surface area contributed by atoms with Crippen molar-refractivity contribution in [2.75, 3.05) is 26.6 Å². The summed E-state index contributed by atoms with van der Waals surface area (Å²) in [5, 5.41) is 3.64. The van der Waals surface area contributed by atoms with Crippen LogP contribution in [-0.4, -0.2) is 26.3 Å². The highest BCUT2D eigenvalue weighted by Gasteiger charge is 2.15. The van der Waals surface area contributed by atoms with E-state index in [1.807, 2.05) is 30.6 Å². The summed E-state index contributed by atoms with van der Waals surface area (Å²) in [6, 6.07) is 16.7. The second-order valence-corrected chi connectivity index (χ2v) is 6.77. The number of hydrogen-bond donors (Lipinski definition) is 1. The fourth-order valence-corrected chi connectivity index (χ4v) is 3.42. The average molecular weight is 392 g/mol. The summed E-state index contributed by atoms with van der Waals surface area (Å²) in [6.07, 6.45) is 5.82. The van der Waals surface area contributed by atoms with E-state index in [0.717, 1.165) is 29.7 Å². The molecule has 152 valence electrons. The van der Waals surface area contributed by atoms with Gasteiger partial charge in [-0.1, -0.05) is 43.7 Å². The quantitative estimate of drug-likeness (QED) is 0.504. The number of rotatable bonds is 9. The summed E-state index contributed by atoms with van der Waals surface area (Å²) in [5.41, 5.74) is 4.16. The molecule has 1 aromatic heterocycles. The molecular formula is C24H28N2O3. The standard InChI is InChI=1S/C24H28N2O3/c1-5-9-21(17-10-7-6-8-11-17)26-20-12-19(15-25-16-20)18-13-22(27-2)24(29-4)23(14-18)28-3/h6-8,10-16,21,26H,5,9H2,1-4H3. The van der Waals surface area contributed by atoms with E-state index in [1.54, 1.807) is 21.3 Å². The minimum Gasteiger partial charge on any atom is -0.493 e. The Hall–Kier alpha value is -3.21. The van der Waals surface area contributed by atoms with Crippen LogP contribution in [0.4, 0.5) is 5.69 Å². The number of pyridine rings is 1. The van der Waals surface area contributed by atoms with Crippen molar-refractivity contribution < 1.29 is 14.2 Å². The molecule has 1 atom stereocenters. The van der Waals surface area contributed by atoms with Gasteiger partial charge in [-0.25, -0.2) is 0 Å². The van der Waals surface area contributed by atoms with Crippen molar-refractivity contribution in [3.8, 4) is 28.4 Å². The summed E-state index contributed by atoms with van der Waals surface area (Å²) in [7, 11) is 4.84. The smallest absolute Gasteiger partial charge is 0.203 e. The first-order valence-corrected chi connectivity index (χ1v) is 9.77. The van der Waals surface area contributed by atoms with Crippen molar-refractivity contribution in [2.45, 2.75) is 25.8 Å². The Kier molecular flexibility index (Phi) is 6.95. The summed E-state index contributed by atoms with van der Waals surface area (Å²) in [5.74, 6) is 1.81. The Morgan fingerprint density at radius 3 is 2.14 bits per heavy atom. The predicted octanol–water partition coefficient (Wildman–Crippen LogP) is 5.73. The van der Waals surface area contributed by atoms with Crippen LogP contribution in [0.15, 0.2) is 60.9 Å². The Bertz CT molecular complexity index is 903. The summed E-state index contributed by atoms with van der Waals surface area (Å²) < 4.78 is 16.4. The van der Waals surface area contributed by atoms with E-state index in [1.165, 1.54) is 5.56 Å². The molecule has 0 saturated heterocycles. The lowest BCUT2D eigenvalue weighted by Gasteiger charge is -2.20. The Balaban J connectivity index is 1.93. The zero-order valence-corrected chi connectivity index (χ0v) is 17.4. The molecule has 5 heteroatoms. The van der Waals surface area contributed by atoms with Crippen LogP contribution in [0.3, 0.4) is 0 Å². The monoisotopic (exact) mass is 392 g/mol. The molecule has 0 aliphatic heterocycles. The van der Waals surface area contributed by atoms with Gasteiger partial charge in [0.1, 0.15) is 0 Å². The molecule has 0 aliphatic rings. The van der Waals surface area contributed by atoms with Gasteiger partial charge in [-0.3, -0.25) is 4.98 Å². The molecule has 1 N–H and O–H groups in total. The first-order valence-electron chi connectivity index (χ1n) is 9.77. The van der Waals surface area contributed by atoms with Crippen LogP contribution in [-0.2, 0) is 0 Å². The number of aromatic nitrogens is 1. The van der Waals surface area contributed by atoms with Gasteiger partial charge in [-0.2, -0.15) is 0 Å². The fraction of sp³-hybridized carbons (Fsp3) is 0.292. The van der Waals surface area contributed by atoms with Crippen LogP contribution in [0.5, 0.6) is 17.2 Å². The molecule has 5 nitrogen and oxygen atoms in total. The highest BCUT2D eigenvalue weighted by molar-refractivity contribution is 5.72. The van der Waals surface area contributed by atoms with E-state index in [-0.39, 0.29) is 6.04 Å². The third-order valence-corrected chi connectivity index (χ3v) is 4.86. The second-order valence-electron chi connectivity index (χ2n) is 6.77. The van der Waals surface area contributed by atoms with Crippen molar-refractivity contribution in [3.63, 3.8) is 0 Å². The number of anilines is 1. The van der Waals surface area contributed by atoms with Crippen LogP contribution in [0, 0.1) is 0 Å². The highest BCUT2D eigenvalue weighted by atomic mass is 16.5. The van der Waals surface area contributed by atoms with Gasteiger partial charge in [0.2, 0.25) is 5.75 Å². The maximum atomic E-state index is 5.48. The number of hydrogen-bond acceptors (Lipinski definition) is 5. The molecule has 2 aromatic carbocycles. The SMILES string of the molecule is CCCC(Nc1cncc(-c2cc(OC)c(OC)c(OC)c2)c1)c1ccccc1. The van der Waals surface area contributed by atoms with Gasteiger partial charge in [-0.15, -0.1) is 0 Å². The van der Waals surface area contributed by atoms with Crippen LogP contribution >= 0.6 is 0 Å². The first kappa shape index (κ1) is 20.5.